The molecule has 0 aromatic heterocycles. The number of hydrogen-bond acceptors (Lipinski definition) is 2. The molecule has 0 saturated carbocycles. The number of aliphatic hydroxyl groups is 1. The summed E-state index contributed by atoms with van der Waals surface area (Å²) >= 11 is 0. The van der Waals surface area contributed by atoms with E-state index in [0.29, 0.717) is 10.6 Å². The Bertz CT molecular complexity index is 460. The normalized spacial score (nSPS) is 21.7. The number of aliphatic hydroxyl groups excluding tert-OH is 1. The van der Waals surface area contributed by atoms with Crippen LogP contribution in [0.15, 0.2) is 24.6 Å². The second kappa shape index (κ2) is 18.7. The molecule has 1 rings (SSSR count). The number of quaternary nitrogens is 1. The summed E-state index contributed by atoms with van der Waals surface area (Å²) in [6.07, 6.45) is 33.6. The summed E-state index contributed by atoms with van der Waals surface area (Å²) in [6.45, 7) is 7.30. The van der Waals surface area contributed by atoms with Crippen molar-refractivity contribution < 1.29 is 9.59 Å². The molecule has 0 bridgehead atoms. The van der Waals surface area contributed by atoms with Crippen LogP contribution >= 0.6 is 0 Å². The van der Waals surface area contributed by atoms with Gasteiger partial charge in [0, 0.05) is 13.3 Å². The van der Waals surface area contributed by atoms with Gasteiger partial charge in [-0.15, -0.1) is 0 Å². The molecule has 1 aliphatic rings. The molecule has 0 fully saturated rings. The van der Waals surface area contributed by atoms with E-state index in [9.17, 15) is 5.11 Å². The van der Waals surface area contributed by atoms with Gasteiger partial charge in [-0.3, -0.25) is 4.48 Å². The molecule has 3 heteroatoms. The van der Waals surface area contributed by atoms with Crippen molar-refractivity contribution in [3.05, 3.63) is 24.6 Å². The van der Waals surface area contributed by atoms with Crippen molar-refractivity contribution in [3.8, 4) is 0 Å². The third kappa shape index (κ3) is 12.1. The molecule has 182 valence electrons. The van der Waals surface area contributed by atoms with Gasteiger partial charge in [-0.1, -0.05) is 96.1 Å². The molecule has 1 heterocycles. The van der Waals surface area contributed by atoms with E-state index in [0.717, 1.165) is 13.0 Å². The van der Waals surface area contributed by atoms with Crippen LogP contribution in [0.3, 0.4) is 0 Å². The fraction of sp³-hybridized carbons (Fsp3) is 0.857. The zero-order valence-corrected chi connectivity index (χ0v) is 21.3. The van der Waals surface area contributed by atoms with E-state index in [4.69, 9.17) is 0 Å². The topological polar surface area (TPSA) is 32.3 Å². The summed E-state index contributed by atoms with van der Waals surface area (Å²) in [6, 6.07) is 0. The van der Waals surface area contributed by atoms with Crippen LogP contribution < -0.4 is 5.32 Å². The summed E-state index contributed by atoms with van der Waals surface area (Å²) in [5.74, 6) is 0. The van der Waals surface area contributed by atoms with Crippen LogP contribution in [0.4, 0.5) is 0 Å². The Labute approximate surface area is 195 Å². The number of nitrogens with one attached hydrogen (secondary N) is 1. The Morgan fingerprint density at radius 1 is 0.774 bits per heavy atom. The van der Waals surface area contributed by atoms with Crippen LogP contribution in [0.5, 0.6) is 0 Å². The largest absolute Gasteiger partial charge is 0.345 e. The molecule has 0 aromatic rings. The third-order valence-electron chi connectivity index (χ3n) is 7.20. The van der Waals surface area contributed by atoms with Crippen LogP contribution in [0.25, 0.3) is 0 Å². The molecule has 0 aromatic carbocycles. The minimum atomic E-state index is -0.346. The van der Waals surface area contributed by atoms with Crippen molar-refractivity contribution in [2.45, 2.75) is 149 Å². The first-order valence-corrected chi connectivity index (χ1v) is 13.8. The number of hydrogen-bond donors (Lipinski definition) is 2. The van der Waals surface area contributed by atoms with E-state index >= 15 is 0 Å². The summed E-state index contributed by atoms with van der Waals surface area (Å²) in [5.41, 5.74) is 0. The molecule has 0 radical (unpaired) electrons. The molecule has 3 unspecified atom stereocenters. The van der Waals surface area contributed by atoms with E-state index in [1.807, 2.05) is 13.1 Å². The SMILES string of the molecule is CCCCCCCCCCCCCCC/C=C/CCCCC1NC=C[N+]1(CC)C(C)O. The highest BCUT2D eigenvalue weighted by atomic mass is 16.3. The molecule has 0 aliphatic carbocycles. The predicted molar refractivity (Wildman–Crippen MR) is 136 cm³/mol. The van der Waals surface area contributed by atoms with Gasteiger partial charge >= 0.3 is 0 Å². The number of unbranched alkanes of at least 4 members (excludes halogenated alkanes) is 15. The van der Waals surface area contributed by atoms with E-state index in [1.54, 1.807) is 0 Å². The standard InChI is InChI=1S/C28H55N2O/c1-4-6-7-8-9-10-11-12-13-14-15-16-17-18-19-20-21-22-23-24-28-29-25-26-30(28,5-2)27(3)31/h19-20,25-29,31H,4-18,21-24H2,1-3H3/q+1/b20-19+. The maximum atomic E-state index is 10.2. The van der Waals surface area contributed by atoms with Crippen LogP contribution in [0, 0.1) is 0 Å². The van der Waals surface area contributed by atoms with Gasteiger partial charge < -0.3 is 10.4 Å². The van der Waals surface area contributed by atoms with Crippen LogP contribution in [0.1, 0.15) is 136 Å². The molecule has 2 N–H and O–H groups in total. The highest BCUT2D eigenvalue weighted by Gasteiger charge is 2.40. The maximum Gasteiger partial charge on any atom is 0.193 e. The molecular formula is C28H55N2O+. The predicted octanol–water partition coefficient (Wildman–Crippen LogP) is 8.16. The lowest BCUT2D eigenvalue weighted by Crippen LogP contribution is -2.57. The Morgan fingerprint density at radius 3 is 1.74 bits per heavy atom. The van der Waals surface area contributed by atoms with Crippen molar-refractivity contribution >= 4 is 0 Å². The van der Waals surface area contributed by atoms with Gasteiger partial charge in [0.05, 0.1) is 12.7 Å². The molecule has 0 saturated heterocycles. The molecule has 3 nitrogen and oxygen atoms in total. The van der Waals surface area contributed by atoms with Crippen molar-refractivity contribution in [2.24, 2.45) is 0 Å². The summed E-state index contributed by atoms with van der Waals surface area (Å²) < 4.78 is 0.662. The summed E-state index contributed by atoms with van der Waals surface area (Å²) in [7, 11) is 0. The van der Waals surface area contributed by atoms with Crippen molar-refractivity contribution in [1.29, 1.82) is 0 Å². The monoisotopic (exact) mass is 435 g/mol. The van der Waals surface area contributed by atoms with Gasteiger partial charge in [0.2, 0.25) is 0 Å². The second-order valence-corrected chi connectivity index (χ2v) is 9.73. The first-order valence-electron chi connectivity index (χ1n) is 13.8. The lowest BCUT2D eigenvalue weighted by Gasteiger charge is -2.39. The van der Waals surface area contributed by atoms with Gasteiger partial charge in [0.25, 0.3) is 0 Å². The van der Waals surface area contributed by atoms with Crippen molar-refractivity contribution in [3.63, 3.8) is 0 Å². The fourth-order valence-corrected chi connectivity index (χ4v) is 4.95. The lowest BCUT2D eigenvalue weighted by atomic mass is 10.0. The molecule has 0 amide bonds. The van der Waals surface area contributed by atoms with Crippen molar-refractivity contribution in [2.75, 3.05) is 6.54 Å². The average Bonchev–Trinajstić information content (AvgIpc) is 3.19. The van der Waals surface area contributed by atoms with Gasteiger partial charge in [-0.2, -0.15) is 0 Å². The lowest BCUT2D eigenvalue weighted by molar-refractivity contribution is -0.942. The molecule has 31 heavy (non-hydrogen) atoms. The number of allylic oxidation sites excluding steroid dienone is 2. The third-order valence-corrected chi connectivity index (χ3v) is 7.20. The Morgan fingerprint density at radius 2 is 1.26 bits per heavy atom. The molecule has 1 aliphatic heterocycles. The minimum Gasteiger partial charge on any atom is -0.345 e. The zero-order valence-electron chi connectivity index (χ0n) is 21.3. The van der Waals surface area contributed by atoms with E-state index in [-0.39, 0.29) is 6.23 Å². The fourth-order valence-electron chi connectivity index (χ4n) is 4.95. The van der Waals surface area contributed by atoms with Gasteiger partial charge in [0.15, 0.2) is 12.4 Å². The van der Waals surface area contributed by atoms with Crippen LogP contribution in [0.2, 0.25) is 0 Å². The zero-order chi connectivity index (χ0) is 22.6. The van der Waals surface area contributed by atoms with Gasteiger partial charge in [-0.25, -0.2) is 0 Å². The molecular weight excluding hydrogens is 380 g/mol. The van der Waals surface area contributed by atoms with Gasteiger partial charge in [-0.05, 0) is 39.0 Å². The molecule has 0 spiro atoms. The number of nitrogens with zero attached hydrogens (tertiary/aromatic N) is 1. The van der Waals surface area contributed by atoms with E-state index in [2.05, 4.69) is 37.5 Å². The van der Waals surface area contributed by atoms with Crippen molar-refractivity contribution in [1.82, 2.24) is 5.32 Å². The second-order valence-electron chi connectivity index (χ2n) is 9.73. The highest BCUT2D eigenvalue weighted by Crippen LogP contribution is 2.25. The smallest absolute Gasteiger partial charge is 0.193 e. The van der Waals surface area contributed by atoms with E-state index in [1.165, 1.54) is 109 Å². The Balaban J connectivity index is 1.86. The highest BCUT2D eigenvalue weighted by molar-refractivity contribution is 4.85. The maximum absolute atomic E-state index is 10.2. The molecule has 3 atom stereocenters. The first-order chi connectivity index (χ1) is 15.2. The van der Waals surface area contributed by atoms with Crippen LogP contribution in [-0.2, 0) is 0 Å². The number of rotatable bonds is 21. The average molecular weight is 436 g/mol. The summed E-state index contributed by atoms with van der Waals surface area (Å²) in [5, 5.41) is 13.7. The first kappa shape index (κ1) is 28.2. The van der Waals surface area contributed by atoms with E-state index < -0.39 is 0 Å². The minimum absolute atomic E-state index is 0.333. The summed E-state index contributed by atoms with van der Waals surface area (Å²) in [4.78, 5) is 0. The van der Waals surface area contributed by atoms with Crippen LogP contribution in [-0.4, -0.2) is 28.5 Å². The van der Waals surface area contributed by atoms with Gasteiger partial charge in [0.1, 0.15) is 6.20 Å². The Kier molecular flexibility index (Phi) is 17.1. The quantitative estimate of drug-likeness (QED) is 0.108. The Hall–Kier alpha value is -0.800.